The fraction of sp³-hybridized carbons (Fsp3) is 0.353. The van der Waals surface area contributed by atoms with Crippen LogP contribution in [0.3, 0.4) is 0 Å². The third-order valence-electron chi connectivity index (χ3n) is 4.16. The van der Waals surface area contributed by atoms with Crippen molar-refractivity contribution in [1.29, 1.82) is 0 Å². The number of halogens is 2. The van der Waals surface area contributed by atoms with Crippen LogP contribution in [0.25, 0.3) is 0 Å². The lowest BCUT2D eigenvalue weighted by Gasteiger charge is -2.31. The average Bonchev–Trinajstić information content (AvgIpc) is 3.17. The van der Waals surface area contributed by atoms with E-state index >= 15 is 0 Å². The molecule has 1 aliphatic rings. The number of sulfonamides is 1. The molecule has 146 valence electrons. The van der Waals surface area contributed by atoms with Crippen molar-refractivity contribution in [2.75, 3.05) is 19.7 Å². The molecule has 0 radical (unpaired) electrons. The summed E-state index contributed by atoms with van der Waals surface area (Å²) in [6.45, 7) is 0.569. The second-order valence-corrected chi connectivity index (χ2v) is 10.00. The number of nitrogens with zero attached hydrogens (tertiary/aromatic N) is 1. The summed E-state index contributed by atoms with van der Waals surface area (Å²) in [5.41, 5.74) is 0. The fourth-order valence-corrected chi connectivity index (χ4v) is 5.86. The van der Waals surface area contributed by atoms with Crippen LogP contribution < -0.4 is 10.1 Å². The predicted molar refractivity (Wildman–Crippen MR) is 106 cm³/mol. The molecule has 1 N–H and O–H groups in total. The van der Waals surface area contributed by atoms with E-state index in [9.17, 15) is 13.2 Å². The molecular weight excluding hydrogens is 431 g/mol. The summed E-state index contributed by atoms with van der Waals surface area (Å²) in [5.74, 6) is 0.105. The van der Waals surface area contributed by atoms with Gasteiger partial charge in [-0.2, -0.15) is 4.31 Å². The number of hydrogen-bond acceptors (Lipinski definition) is 5. The molecule has 2 aromatic rings. The largest absolute Gasteiger partial charge is 0.482 e. The molecule has 1 aromatic heterocycles. The number of carbonyl (C=O) groups is 1. The van der Waals surface area contributed by atoms with Crippen molar-refractivity contribution >= 4 is 50.5 Å². The topological polar surface area (TPSA) is 75.7 Å². The van der Waals surface area contributed by atoms with Crippen molar-refractivity contribution in [1.82, 2.24) is 9.62 Å². The Morgan fingerprint density at radius 1 is 1.26 bits per heavy atom. The maximum atomic E-state index is 12.5. The van der Waals surface area contributed by atoms with Crippen LogP contribution in [0.1, 0.15) is 12.8 Å². The quantitative estimate of drug-likeness (QED) is 0.734. The highest BCUT2D eigenvalue weighted by Crippen LogP contribution is 2.27. The first-order valence-corrected chi connectivity index (χ1v) is 11.3. The first-order chi connectivity index (χ1) is 12.9. The molecule has 0 spiro atoms. The summed E-state index contributed by atoms with van der Waals surface area (Å²) in [5, 5.41) is 5.44. The first kappa shape index (κ1) is 20.4. The van der Waals surface area contributed by atoms with Crippen LogP contribution in [0.5, 0.6) is 5.75 Å². The summed E-state index contributed by atoms with van der Waals surface area (Å²) >= 11 is 13.0. The number of ether oxygens (including phenoxy) is 1. The zero-order valence-electron chi connectivity index (χ0n) is 14.2. The molecule has 0 unspecified atom stereocenters. The van der Waals surface area contributed by atoms with Crippen molar-refractivity contribution in [3.8, 4) is 5.75 Å². The number of hydrogen-bond donors (Lipinski definition) is 1. The highest BCUT2D eigenvalue weighted by atomic mass is 35.5. The van der Waals surface area contributed by atoms with Crippen LogP contribution in [0.2, 0.25) is 10.0 Å². The van der Waals surface area contributed by atoms with Crippen LogP contribution in [0.4, 0.5) is 0 Å². The fourth-order valence-electron chi connectivity index (χ4n) is 2.78. The zero-order chi connectivity index (χ0) is 19.4. The normalized spacial score (nSPS) is 16.2. The number of thiophene rings is 1. The Balaban J connectivity index is 1.47. The van der Waals surface area contributed by atoms with Gasteiger partial charge in [-0.25, -0.2) is 8.42 Å². The third-order valence-corrected chi connectivity index (χ3v) is 7.96. The number of carbonyl (C=O) groups excluding carboxylic acids is 1. The maximum absolute atomic E-state index is 12.5. The molecule has 3 rings (SSSR count). The molecule has 27 heavy (non-hydrogen) atoms. The monoisotopic (exact) mass is 448 g/mol. The van der Waals surface area contributed by atoms with Gasteiger partial charge in [-0.3, -0.25) is 4.79 Å². The van der Waals surface area contributed by atoms with Gasteiger partial charge in [0.15, 0.2) is 6.61 Å². The van der Waals surface area contributed by atoms with Gasteiger partial charge >= 0.3 is 0 Å². The molecular formula is C17H18Cl2N2O4S2. The van der Waals surface area contributed by atoms with Gasteiger partial charge in [0.2, 0.25) is 0 Å². The lowest BCUT2D eigenvalue weighted by molar-refractivity contribution is -0.124. The number of nitrogens with one attached hydrogen (secondary N) is 1. The molecule has 0 saturated carbocycles. The molecule has 1 aromatic carbocycles. The van der Waals surface area contributed by atoms with E-state index in [-0.39, 0.29) is 18.6 Å². The number of amides is 1. The van der Waals surface area contributed by atoms with Crippen LogP contribution in [0, 0.1) is 0 Å². The minimum absolute atomic E-state index is 0.0865. The zero-order valence-corrected chi connectivity index (χ0v) is 17.4. The van der Waals surface area contributed by atoms with Gasteiger partial charge in [0, 0.05) is 24.2 Å². The van der Waals surface area contributed by atoms with Gasteiger partial charge in [0.05, 0.1) is 5.02 Å². The molecule has 0 atom stereocenters. The standard InChI is InChI=1S/C17H18Cl2N2O4S2/c18-12-3-4-15(14(19)10-12)25-11-16(22)20-13-5-7-21(8-6-13)27(23,24)17-2-1-9-26-17/h1-4,9-10,13H,5-8,11H2,(H,20,22). The summed E-state index contributed by atoms with van der Waals surface area (Å²) in [4.78, 5) is 12.1. The van der Waals surface area contributed by atoms with Crippen LogP contribution >= 0.6 is 34.5 Å². The Morgan fingerprint density at radius 2 is 2.00 bits per heavy atom. The van der Waals surface area contributed by atoms with Crippen molar-refractivity contribution < 1.29 is 17.9 Å². The molecule has 10 heteroatoms. The molecule has 1 saturated heterocycles. The summed E-state index contributed by atoms with van der Waals surface area (Å²) in [7, 11) is -3.44. The summed E-state index contributed by atoms with van der Waals surface area (Å²) in [6, 6.07) is 8.01. The van der Waals surface area contributed by atoms with Crippen molar-refractivity contribution in [2.45, 2.75) is 23.1 Å². The second-order valence-electron chi connectivity index (χ2n) is 6.04. The Kier molecular flexibility index (Phi) is 6.65. The first-order valence-electron chi connectivity index (χ1n) is 8.27. The molecule has 0 bridgehead atoms. The Hall–Kier alpha value is -1.32. The van der Waals surface area contributed by atoms with E-state index in [0.29, 0.717) is 45.9 Å². The molecule has 1 amide bonds. The lowest BCUT2D eigenvalue weighted by Crippen LogP contribution is -2.47. The summed E-state index contributed by atoms with van der Waals surface area (Å²) in [6.07, 6.45) is 1.11. The predicted octanol–water partition coefficient (Wildman–Crippen LogP) is 3.40. The van der Waals surface area contributed by atoms with Gasteiger partial charge in [0.25, 0.3) is 15.9 Å². The smallest absolute Gasteiger partial charge is 0.258 e. The minimum Gasteiger partial charge on any atom is -0.482 e. The molecule has 1 aliphatic heterocycles. The SMILES string of the molecule is O=C(COc1ccc(Cl)cc1Cl)NC1CCN(S(=O)(=O)c2cccs2)CC1. The summed E-state index contributed by atoms with van der Waals surface area (Å²) < 4.78 is 32.2. The van der Waals surface area contributed by atoms with E-state index in [1.54, 1.807) is 35.7 Å². The van der Waals surface area contributed by atoms with Crippen molar-refractivity contribution in [3.63, 3.8) is 0 Å². The Morgan fingerprint density at radius 3 is 2.63 bits per heavy atom. The van der Waals surface area contributed by atoms with Gasteiger partial charge < -0.3 is 10.1 Å². The van der Waals surface area contributed by atoms with E-state index in [4.69, 9.17) is 27.9 Å². The van der Waals surface area contributed by atoms with Gasteiger partial charge in [0.1, 0.15) is 9.96 Å². The molecule has 1 fully saturated rings. The van der Waals surface area contributed by atoms with Gasteiger partial charge in [-0.05, 0) is 42.5 Å². The van der Waals surface area contributed by atoms with E-state index in [2.05, 4.69) is 5.32 Å². The Labute approximate surface area is 172 Å². The van der Waals surface area contributed by atoms with E-state index in [1.807, 2.05) is 0 Å². The molecule has 0 aliphatic carbocycles. The molecule has 6 nitrogen and oxygen atoms in total. The van der Waals surface area contributed by atoms with Crippen LogP contribution in [-0.2, 0) is 14.8 Å². The van der Waals surface area contributed by atoms with E-state index in [1.165, 1.54) is 15.6 Å². The number of rotatable bonds is 6. The average molecular weight is 449 g/mol. The van der Waals surface area contributed by atoms with Crippen molar-refractivity contribution in [3.05, 3.63) is 45.8 Å². The van der Waals surface area contributed by atoms with Gasteiger partial charge in [-0.15, -0.1) is 11.3 Å². The number of piperidine rings is 1. The third kappa shape index (κ3) is 5.14. The molecule has 2 heterocycles. The van der Waals surface area contributed by atoms with Crippen LogP contribution in [-0.4, -0.2) is 44.4 Å². The Bertz CT molecular complexity index is 896. The van der Waals surface area contributed by atoms with E-state index in [0.717, 1.165) is 0 Å². The lowest BCUT2D eigenvalue weighted by atomic mass is 10.1. The minimum atomic E-state index is -3.44. The highest BCUT2D eigenvalue weighted by Gasteiger charge is 2.30. The van der Waals surface area contributed by atoms with Gasteiger partial charge in [-0.1, -0.05) is 29.3 Å². The van der Waals surface area contributed by atoms with Crippen LogP contribution in [0.15, 0.2) is 39.9 Å². The van der Waals surface area contributed by atoms with E-state index < -0.39 is 10.0 Å². The highest BCUT2D eigenvalue weighted by molar-refractivity contribution is 7.91. The van der Waals surface area contributed by atoms with Crippen molar-refractivity contribution in [2.24, 2.45) is 0 Å². The second kappa shape index (κ2) is 8.79. The maximum Gasteiger partial charge on any atom is 0.258 e. The number of benzene rings is 1.